The first-order valence-corrected chi connectivity index (χ1v) is 8.20. The van der Waals surface area contributed by atoms with Crippen LogP contribution in [0.4, 0.5) is 4.79 Å². The molecule has 1 amide bonds. The van der Waals surface area contributed by atoms with Crippen molar-refractivity contribution in [2.75, 3.05) is 13.2 Å². The van der Waals surface area contributed by atoms with Gasteiger partial charge >= 0.3 is 6.09 Å². The summed E-state index contributed by atoms with van der Waals surface area (Å²) in [6, 6.07) is 5.89. The molecule has 0 aliphatic carbocycles. The second-order valence-electron chi connectivity index (χ2n) is 5.21. The topological polar surface area (TPSA) is 47.6 Å². The van der Waals surface area contributed by atoms with Gasteiger partial charge in [-0.2, -0.15) is 0 Å². The van der Waals surface area contributed by atoms with E-state index in [9.17, 15) is 4.79 Å². The van der Waals surface area contributed by atoms with E-state index < -0.39 is 11.7 Å². The Kier molecular flexibility index (Phi) is 7.08. The van der Waals surface area contributed by atoms with Crippen LogP contribution in [0.25, 0.3) is 0 Å². The highest BCUT2D eigenvalue weighted by molar-refractivity contribution is 14.1. The number of halogens is 2. The molecule has 0 saturated carbocycles. The van der Waals surface area contributed by atoms with Crippen LogP contribution in [0.2, 0.25) is 0 Å². The number of nitrogens with one attached hydrogen (secondary N) is 1. The number of rotatable bonds is 5. The van der Waals surface area contributed by atoms with Gasteiger partial charge in [-0.1, -0.05) is 15.9 Å². The van der Waals surface area contributed by atoms with E-state index in [0.717, 1.165) is 20.2 Å². The van der Waals surface area contributed by atoms with Gasteiger partial charge in [-0.3, -0.25) is 0 Å². The molecule has 20 heavy (non-hydrogen) atoms. The van der Waals surface area contributed by atoms with Crippen LogP contribution in [0.5, 0.6) is 5.75 Å². The molecule has 1 rings (SSSR count). The zero-order chi connectivity index (χ0) is 15.2. The SMILES string of the molecule is CC(C)(C)OC(=O)NCCCOc1cc(Br)ccc1I. The predicted molar refractivity (Wildman–Crippen MR) is 91.2 cm³/mol. The molecule has 1 aromatic carbocycles. The number of hydrogen-bond donors (Lipinski definition) is 1. The van der Waals surface area contributed by atoms with E-state index in [2.05, 4.69) is 43.8 Å². The molecule has 0 aliphatic heterocycles. The van der Waals surface area contributed by atoms with Crippen LogP contribution in [0.15, 0.2) is 22.7 Å². The average Bonchev–Trinajstić information content (AvgIpc) is 2.30. The fraction of sp³-hybridized carbons (Fsp3) is 0.500. The number of alkyl carbamates (subject to hydrolysis) is 1. The number of benzene rings is 1. The van der Waals surface area contributed by atoms with E-state index in [-0.39, 0.29) is 0 Å². The number of carbonyl (C=O) groups excluding carboxylic acids is 1. The molecule has 1 N–H and O–H groups in total. The molecule has 4 nitrogen and oxygen atoms in total. The van der Waals surface area contributed by atoms with Gasteiger partial charge in [-0.05, 0) is 68.0 Å². The molecule has 112 valence electrons. The van der Waals surface area contributed by atoms with Gasteiger partial charge in [-0.25, -0.2) is 4.79 Å². The molecule has 0 saturated heterocycles. The Morgan fingerprint density at radius 1 is 1.40 bits per heavy atom. The van der Waals surface area contributed by atoms with E-state index in [1.165, 1.54) is 0 Å². The van der Waals surface area contributed by atoms with Crippen molar-refractivity contribution < 1.29 is 14.3 Å². The summed E-state index contributed by atoms with van der Waals surface area (Å²) in [6.07, 6.45) is 0.330. The lowest BCUT2D eigenvalue weighted by Gasteiger charge is -2.19. The maximum absolute atomic E-state index is 11.4. The van der Waals surface area contributed by atoms with Crippen molar-refractivity contribution in [1.82, 2.24) is 5.32 Å². The van der Waals surface area contributed by atoms with Crippen LogP contribution in [0, 0.1) is 3.57 Å². The predicted octanol–water partition coefficient (Wildman–Crippen LogP) is 4.35. The molecule has 0 atom stereocenters. The van der Waals surface area contributed by atoms with Crippen LogP contribution < -0.4 is 10.1 Å². The molecule has 6 heteroatoms. The van der Waals surface area contributed by atoms with Crippen molar-refractivity contribution in [2.24, 2.45) is 0 Å². The minimum Gasteiger partial charge on any atom is -0.492 e. The molecule has 0 aliphatic rings. The molecular weight excluding hydrogens is 437 g/mol. The van der Waals surface area contributed by atoms with Gasteiger partial charge in [-0.15, -0.1) is 0 Å². The monoisotopic (exact) mass is 455 g/mol. The lowest BCUT2D eigenvalue weighted by molar-refractivity contribution is 0.0525. The molecular formula is C14H19BrINO3. The second-order valence-corrected chi connectivity index (χ2v) is 7.28. The van der Waals surface area contributed by atoms with E-state index in [1.807, 2.05) is 39.0 Å². The zero-order valence-electron chi connectivity index (χ0n) is 11.8. The van der Waals surface area contributed by atoms with Crippen LogP contribution in [0.3, 0.4) is 0 Å². The first kappa shape index (κ1) is 17.6. The largest absolute Gasteiger partial charge is 0.492 e. The number of carbonyl (C=O) groups is 1. The van der Waals surface area contributed by atoms with Crippen LogP contribution in [-0.4, -0.2) is 24.8 Å². The van der Waals surface area contributed by atoms with Crippen molar-refractivity contribution in [1.29, 1.82) is 0 Å². The second kappa shape index (κ2) is 8.07. The van der Waals surface area contributed by atoms with Gasteiger partial charge in [0, 0.05) is 11.0 Å². The normalized spacial score (nSPS) is 11.1. The van der Waals surface area contributed by atoms with E-state index >= 15 is 0 Å². The van der Waals surface area contributed by atoms with Crippen molar-refractivity contribution in [3.8, 4) is 5.75 Å². The Bertz CT molecular complexity index is 460. The van der Waals surface area contributed by atoms with Gasteiger partial charge < -0.3 is 14.8 Å². The van der Waals surface area contributed by atoms with Gasteiger partial charge in [0.2, 0.25) is 0 Å². The highest BCUT2D eigenvalue weighted by Gasteiger charge is 2.15. The van der Waals surface area contributed by atoms with E-state index in [0.29, 0.717) is 13.2 Å². The summed E-state index contributed by atoms with van der Waals surface area (Å²) in [4.78, 5) is 11.4. The van der Waals surface area contributed by atoms with E-state index in [1.54, 1.807) is 0 Å². The van der Waals surface area contributed by atoms with Crippen molar-refractivity contribution >= 4 is 44.6 Å². The van der Waals surface area contributed by atoms with Gasteiger partial charge in [0.05, 0.1) is 10.2 Å². The number of amides is 1. The Morgan fingerprint density at radius 2 is 2.10 bits per heavy atom. The van der Waals surface area contributed by atoms with Crippen LogP contribution in [-0.2, 0) is 4.74 Å². The first-order valence-electron chi connectivity index (χ1n) is 6.32. The molecule has 0 aromatic heterocycles. The summed E-state index contributed by atoms with van der Waals surface area (Å²) < 4.78 is 12.9. The first-order chi connectivity index (χ1) is 9.28. The van der Waals surface area contributed by atoms with Crippen molar-refractivity contribution in [3.05, 3.63) is 26.2 Å². The highest BCUT2D eigenvalue weighted by Crippen LogP contribution is 2.25. The molecule has 0 bridgehead atoms. The van der Waals surface area contributed by atoms with Crippen molar-refractivity contribution in [2.45, 2.75) is 32.8 Å². The molecule has 0 unspecified atom stereocenters. The van der Waals surface area contributed by atoms with Crippen molar-refractivity contribution in [3.63, 3.8) is 0 Å². The molecule has 1 aromatic rings. The summed E-state index contributed by atoms with van der Waals surface area (Å²) in [7, 11) is 0. The smallest absolute Gasteiger partial charge is 0.407 e. The Hall–Kier alpha value is -0.500. The van der Waals surface area contributed by atoms with E-state index in [4.69, 9.17) is 9.47 Å². The average molecular weight is 456 g/mol. The Morgan fingerprint density at radius 3 is 2.75 bits per heavy atom. The third kappa shape index (κ3) is 7.33. The third-order valence-corrected chi connectivity index (χ3v) is 3.52. The fourth-order valence-corrected chi connectivity index (χ4v) is 2.18. The van der Waals surface area contributed by atoms with Gasteiger partial charge in [0.25, 0.3) is 0 Å². The van der Waals surface area contributed by atoms with Gasteiger partial charge in [0.15, 0.2) is 0 Å². The Labute approximate surface area is 141 Å². The summed E-state index contributed by atoms with van der Waals surface area (Å²) >= 11 is 5.64. The summed E-state index contributed by atoms with van der Waals surface area (Å²) in [6.45, 7) is 6.59. The quantitative estimate of drug-likeness (QED) is 0.530. The molecule has 0 spiro atoms. The summed E-state index contributed by atoms with van der Waals surface area (Å²) in [5, 5.41) is 2.70. The number of ether oxygens (including phenoxy) is 2. The molecule has 0 radical (unpaired) electrons. The number of hydrogen-bond acceptors (Lipinski definition) is 3. The lowest BCUT2D eigenvalue weighted by atomic mass is 10.2. The minimum absolute atomic E-state index is 0.394. The summed E-state index contributed by atoms with van der Waals surface area (Å²) in [5.41, 5.74) is -0.465. The maximum atomic E-state index is 11.4. The maximum Gasteiger partial charge on any atom is 0.407 e. The molecule has 0 heterocycles. The fourth-order valence-electron chi connectivity index (χ4n) is 1.35. The van der Waals surface area contributed by atoms with Gasteiger partial charge in [0.1, 0.15) is 11.4 Å². The van der Waals surface area contributed by atoms with Crippen LogP contribution >= 0.6 is 38.5 Å². The lowest BCUT2D eigenvalue weighted by Crippen LogP contribution is -2.33. The van der Waals surface area contributed by atoms with Crippen LogP contribution in [0.1, 0.15) is 27.2 Å². The standard InChI is InChI=1S/C14H19BrINO3/c1-14(2,3)20-13(18)17-7-4-8-19-12-9-10(15)5-6-11(12)16/h5-6,9H,4,7-8H2,1-3H3,(H,17,18). The summed E-state index contributed by atoms with van der Waals surface area (Å²) in [5.74, 6) is 0.845. The zero-order valence-corrected chi connectivity index (χ0v) is 15.6. The highest BCUT2D eigenvalue weighted by atomic mass is 127. The Balaban J connectivity index is 2.22. The minimum atomic E-state index is -0.465. The third-order valence-electron chi connectivity index (χ3n) is 2.14. The molecule has 0 fully saturated rings.